The number of hydrogen-bond donors (Lipinski definition) is 0. The number of nitriles is 1. The van der Waals surface area contributed by atoms with Crippen molar-refractivity contribution in [2.24, 2.45) is 0 Å². The number of aromatic nitrogens is 1. The molecule has 0 radical (unpaired) electrons. The molecule has 0 spiro atoms. The van der Waals surface area contributed by atoms with Gasteiger partial charge in [-0.25, -0.2) is 8.42 Å². The third kappa shape index (κ3) is 3.40. The molecule has 1 amide bonds. The van der Waals surface area contributed by atoms with Crippen molar-refractivity contribution in [1.29, 1.82) is 5.26 Å². The summed E-state index contributed by atoms with van der Waals surface area (Å²) in [5.41, 5.74) is 1.02. The Balaban J connectivity index is 1.68. The van der Waals surface area contributed by atoms with Crippen LogP contribution in [0.25, 0.3) is 0 Å². The summed E-state index contributed by atoms with van der Waals surface area (Å²) in [6.07, 6.45) is 0. The van der Waals surface area contributed by atoms with Gasteiger partial charge in [-0.15, -0.1) is 0 Å². The number of rotatable bonds is 3. The van der Waals surface area contributed by atoms with Crippen LogP contribution in [0, 0.1) is 18.3 Å². The van der Waals surface area contributed by atoms with Crippen LogP contribution in [-0.4, -0.2) is 54.9 Å². The molecule has 3 rings (SSSR count). The fraction of sp³-hybridized carbons (Fsp3) is 0.312. The Morgan fingerprint density at radius 2 is 1.84 bits per heavy atom. The lowest BCUT2D eigenvalue weighted by Gasteiger charge is -2.33. The van der Waals surface area contributed by atoms with Crippen molar-refractivity contribution in [2.45, 2.75) is 11.8 Å². The number of amides is 1. The Kier molecular flexibility index (Phi) is 4.57. The Morgan fingerprint density at radius 3 is 2.36 bits per heavy atom. The first-order valence-electron chi connectivity index (χ1n) is 7.65. The number of hydrogen-bond acceptors (Lipinski definition) is 6. The third-order valence-corrected chi connectivity index (χ3v) is 5.90. The van der Waals surface area contributed by atoms with E-state index in [1.165, 1.54) is 28.6 Å². The molecule has 0 N–H and O–H groups in total. The van der Waals surface area contributed by atoms with Crippen molar-refractivity contribution < 1.29 is 17.7 Å². The molecule has 1 aliphatic heterocycles. The molecule has 25 heavy (non-hydrogen) atoms. The molecule has 1 aliphatic rings. The van der Waals surface area contributed by atoms with Crippen LogP contribution in [0.3, 0.4) is 0 Å². The number of carbonyl (C=O) groups excluding carboxylic acids is 1. The molecule has 2 heterocycles. The van der Waals surface area contributed by atoms with Crippen LogP contribution < -0.4 is 0 Å². The maximum atomic E-state index is 12.6. The van der Waals surface area contributed by atoms with E-state index in [0.29, 0.717) is 11.3 Å². The van der Waals surface area contributed by atoms with Crippen molar-refractivity contribution in [2.75, 3.05) is 26.2 Å². The normalized spacial score (nSPS) is 15.8. The Morgan fingerprint density at radius 1 is 1.20 bits per heavy atom. The molecule has 1 aromatic carbocycles. The average molecular weight is 360 g/mol. The van der Waals surface area contributed by atoms with E-state index in [1.807, 2.05) is 6.07 Å². The van der Waals surface area contributed by atoms with Crippen LogP contribution >= 0.6 is 0 Å². The monoisotopic (exact) mass is 360 g/mol. The van der Waals surface area contributed by atoms with Crippen molar-refractivity contribution in [3.05, 3.63) is 47.3 Å². The van der Waals surface area contributed by atoms with Crippen LogP contribution in [0.2, 0.25) is 0 Å². The van der Waals surface area contributed by atoms with E-state index in [2.05, 4.69) is 5.16 Å². The lowest BCUT2D eigenvalue weighted by atomic mass is 10.2. The molecule has 0 saturated carbocycles. The molecule has 8 nitrogen and oxygen atoms in total. The maximum absolute atomic E-state index is 12.6. The first-order chi connectivity index (χ1) is 11.9. The molecular weight excluding hydrogens is 344 g/mol. The summed E-state index contributed by atoms with van der Waals surface area (Å²) in [6, 6.07) is 9.29. The predicted octanol–water partition coefficient (Wildman–Crippen LogP) is 1.00. The average Bonchev–Trinajstić information content (AvgIpc) is 3.07. The molecule has 0 atom stereocenters. The Hall–Kier alpha value is -2.70. The molecule has 1 fully saturated rings. The summed E-state index contributed by atoms with van der Waals surface area (Å²) in [4.78, 5) is 14.0. The summed E-state index contributed by atoms with van der Waals surface area (Å²) in [5.74, 6) is -0.142. The van der Waals surface area contributed by atoms with Gasteiger partial charge in [-0.2, -0.15) is 9.57 Å². The van der Waals surface area contributed by atoms with E-state index < -0.39 is 10.0 Å². The first kappa shape index (κ1) is 17.1. The van der Waals surface area contributed by atoms with Gasteiger partial charge in [0.15, 0.2) is 0 Å². The summed E-state index contributed by atoms with van der Waals surface area (Å²) >= 11 is 0. The fourth-order valence-corrected chi connectivity index (χ4v) is 4.02. The van der Waals surface area contributed by atoms with Gasteiger partial charge in [-0.05, 0) is 31.2 Å². The molecule has 1 saturated heterocycles. The molecule has 0 aliphatic carbocycles. The van der Waals surface area contributed by atoms with Crippen LogP contribution in [0.1, 0.15) is 21.8 Å². The van der Waals surface area contributed by atoms with Gasteiger partial charge >= 0.3 is 0 Å². The van der Waals surface area contributed by atoms with Crippen molar-refractivity contribution >= 4 is 15.9 Å². The predicted molar refractivity (Wildman–Crippen MR) is 87.1 cm³/mol. The van der Waals surface area contributed by atoms with Gasteiger partial charge in [0, 0.05) is 32.2 Å². The zero-order chi connectivity index (χ0) is 18.0. The van der Waals surface area contributed by atoms with Gasteiger partial charge in [-0.3, -0.25) is 4.79 Å². The minimum absolute atomic E-state index is 0.136. The summed E-state index contributed by atoms with van der Waals surface area (Å²) in [5, 5.41) is 12.5. The van der Waals surface area contributed by atoms with E-state index >= 15 is 0 Å². The van der Waals surface area contributed by atoms with E-state index in [9.17, 15) is 13.2 Å². The second kappa shape index (κ2) is 6.66. The Bertz CT molecular complexity index is 920. The number of aryl methyl sites for hydroxylation is 1. The van der Waals surface area contributed by atoms with E-state index in [0.717, 1.165) is 0 Å². The van der Waals surface area contributed by atoms with Gasteiger partial charge in [0.1, 0.15) is 0 Å². The number of carbonyl (C=O) groups is 1. The molecule has 2 aromatic rings. The first-order valence-corrected chi connectivity index (χ1v) is 9.09. The molecule has 0 bridgehead atoms. The van der Waals surface area contributed by atoms with Crippen LogP contribution in [0.5, 0.6) is 0 Å². The molecule has 9 heteroatoms. The molecule has 0 unspecified atom stereocenters. The quantitative estimate of drug-likeness (QED) is 0.808. The summed E-state index contributed by atoms with van der Waals surface area (Å²) < 4.78 is 31.6. The molecule has 130 valence electrons. The van der Waals surface area contributed by atoms with Crippen LogP contribution in [0.4, 0.5) is 0 Å². The van der Waals surface area contributed by atoms with Crippen molar-refractivity contribution in [1.82, 2.24) is 14.4 Å². The maximum Gasteiger partial charge on any atom is 0.292 e. The topological polar surface area (TPSA) is 108 Å². The molecule has 1 aromatic heterocycles. The van der Waals surface area contributed by atoms with Gasteiger partial charge in [-0.1, -0.05) is 5.16 Å². The summed E-state index contributed by atoms with van der Waals surface area (Å²) in [6.45, 7) is 2.66. The second-order valence-electron chi connectivity index (χ2n) is 5.67. The van der Waals surface area contributed by atoms with Crippen LogP contribution in [0.15, 0.2) is 39.8 Å². The smallest absolute Gasteiger partial charge is 0.292 e. The van der Waals surface area contributed by atoms with Crippen molar-refractivity contribution in [3.8, 4) is 6.07 Å². The SMILES string of the molecule is Cc1cc(C(=O)N2CCN(S(=O)(=O)c3ccc(C#N)cc3)CC2)on1. The van der Waals surface area contributed by atoms with Crippen LogP contribution in [-0.2, 0) is 10.0 Å². The fourth-order valence-electron chi connectivity index (χ4n) is 2.60. The lowest BCUT2D eigenvalue weighted by molar-refractivity contribution is 0.0656. The van der Waals surface area contributed by atoms with Gasteiger partial charge < -0.3 is 9.42 Å². The van der Waals surface area contributed by atoms with Gasteiger partial charge in [0.05, 0.1) is 22.2 Å². The number of benzene rings is 1. The minimum atomic E-state index is -3.65. The molecular formula is C16H16N4O4S. The number of sulfonamides is 1. The Labute approximate surface area is 145 Å². The highest BCUT2D eigenvalue weighted by Crippen LogP contribution is 2.19. The summed E-state index contributed by atoms with van der Waals surface area (Å²) in [7, 11) is -3.65. The zero-order valence-electron chi connectivity index (χ0n) is 13.5. The van der Waals surface area contributed by atoms with Gasteiger partial charge in [0.25, 0.3) is 5.91 Å². The van der Waals surface area contributed by atoms with E-state index in [1.54, 1.807) is 17.9 Å². The number of nitrogens with zero attached hydrogens (tertiary/aromatic N) is 4. The standard InChI is InChI=1S/C16H16N4O4S/c1-12-10-15(24-18-12)16(21)19-6-8-20(9-7-19)25(22,23)14-4-2-13(11-17)3-5-14/h2-5,10H,6-9H2,1H3. The minimum Gasteiger partial charge on any atom is -0.351 e. The van der Waals surface area contributed by atoms with Gasteiger partial charge in [0.2, 0.25) is 15.8 Å². The highest BCUT2D eigenvalue weighted by atomic mass is 32.2. The third-order valence-electron chi connectivity index (χ3n) is 3.99. The highest BCUT2D eigenvalue weighted by Gasteiger charge is 2.31. The number of piperazine rings is 1. The lowest BCUT2D eigenvalue weighted by Crippen LogP contribution is -2.50. The second-order valence-corrected chi connectivity index (χ2v) is 7.60. The van der Waals surface area contributed by atoms with E-state index in [4.69, 9.17) is 9.78 Å². The van der Waals surface area contributed by atoms with Crippen molar-refractivity contribution in [3.63, 3.8) is 0 Å². The highest BCUT2D eigenvalue weighted by molar-refractivity contribution is 7.89. The zero-order valence-corrected chi connectivity index (χ0v) is 14.4. The van der Waals surface area contributed by atoms with E-state index in [-0.39, 0.29) is 42.7 Å². The largest absolute Gasteiger partial charge is 0.351 e.